The van der Waals surface area contributed by atoms with Crippen molar-refractivity contribution in [1.82, 2.24) is 0 Å². The number of amides is 1. The Bertz CT molecular complexity index is 659. The third-order valence-corrected chi connectivity index (χ3v) is 8.47. The highest BCUT2D eigenvalue weighted by atomic mass is 16.1. The Labute approximate surface area is 144 Å². The summed E-state index contributed by atoms with van der Waals surface area (Å²) in [5, 5.41) is 0. The van der Waals surface area contributed by atoms with Crippen molar-refractivity contribution in [2.24, 2.45) is 40.2 Å². The Morgan fingerprint density at radius 2 is 1.92 bits per heavy atom. The molecular weight excluding hydrogens is 298 g/mol. The van der Waals surface area contributed by atoms with Crippen LogP contribution in [0, 0.1) is 34.5 Å². The number of carbonyl (C=O) groups excluding carboxylic acids is 2. The molecule has 0 heterocycles. The van der Waals surface area contributed by atoms with Gasteiger partial charge in [0, 0.05) is 11.5 Å². The maximum absolute atomic E-state index is 12.0. The van der Waals surface area contributed by atoms with Gasteiger partial charge in [-0.3, -0.25) is 4.79 Å². The minimum Gasteiger partial charge on any atom is -0.369 e. The Morgan fingerprint density at radius 3 is 2.62 bits per heavy atom. The fraction of sp³-hybridized carbons (Fsp3) is 0.762. The number of carbonyl (C=O) groups is 1. The minimum absolute atomic E-state index is 0.0733. The molecule has 3 fully saturated rings. The summed E-state index contributed by atoms with van der Waals surface area (Å²) in [6, 6.07) is 0. The zero-order valence-electron chi connectivity index (χ0n) is 14.9. The summed E-state index contributed by atoms with van der Waals surface area (Å²) in [5.41, 5.74) is 8.44. The molecule has 24 heavy (non-hydrogen) atoms. The van der Waals surface area contributed by atoms with E-state index in [2.05, 4.69) is 25.9 Å². The van der Waals surface area contributed by atoms with Gasteiger partial charge in [0.25, 0.3) is 0 Å². The largest absolute Gasteiger partial charge is 0.369 e. The van der Waals surface area contributed by atoms with E-state index in [1.165, 1.54) is 24.8 Å². The molecule has 6 atom stereocenters. The van der Waals surface area contributed by atoms with Gasteiger partial charge in [0.1, 0.15) is 5.94 Å². The molecule has 0 saturated heterocycles. The summed E-state index contributed by atoms with van der Waals surface area (Å²) in [6.45, 7) is 4.76. The van der Waals surface area contributed by atoms with Gasteiger partial charge in [-0.2, -0.15) is 0 Å². The van der Waals surface area contributed by atoms with Crippen LogP contribution in [-0.2, 0) is 9.59 Å². The van der Waals surface area contributed by atoms with Crippen LogP contribution in [0.25, 0.3) is 0 Å². The van der Waals surface area contributed by atoms with Gasteiger partial charge in [0.2, 0.25) is 5.91 Å². The minimum atomic E-state index is -0.0838. The molecular formula is C21H29NO2. The molecule has 0 aromatic heterocycles. The molecule has 3 nitrogen and oxygen atoms in total. The maximum atomic E-state index is 12.0. The second kappa shape index (κ2) is 5.33. The molecule has 4 aliphatic rings. The number of hydrogen-bond acceptors (Lipinski definition) is 2. The first-order valence-electron chi connectivity index (χ1n) is 9.64. The quantitative estimate of drug-likeness (QED) is 0.745. The Balaban J connectivity index is 1.67. The van der Waals surface area contributed by atoms with Crippen molar-refractivity contribution in [2.75, 3.05) is 0 Å². The van der Waals surface area contributed by atoms with Crippen molar-refractivity contribution < 1.29 is 9.59 Å². The standard InChI is InChI=1S/C21H29NO2/c1-20-9-7-13(12-23)11-14(20)3-4-15-16-5-6-18(19(22)24)21(16,2)10-8-17(15)20/h11,15-18H,3-10H2,1-2H3,(H2,22,24)/t15-,16-,17-,18+,20-,21-/m0/s1. The average molecular weight is 327 g/mol. The SMILES string of the molecule is C[C@]12CC[C@H]3[C@@H](CCC4=CC(=C=O)CC[C@@]43C)[C@@H]1CC[C@@H]2C(N)=O. The van der Waals surface area contributed by atoms with E-state index in [0.29, 0.717) is 11.8 Å². The molecule has 0 bridgehead atoms. The van der Waals surface area contributed by atoms with Crippen LogP contribution in [0.3, 0.4) is 0 Å². The highest BCUT2D eigenvalue weighted by Crippen LogP contribution is 2.66. The van der Waals surface area contributed by atoms with Crippen LogP contribution in [0.2, 0.25) is 0 Å². The fourth-order valence-electron chi connectivity index (χ4n) is 7.13. The van der Waals surface area contributed by atoms with Crippen molar-refractivity contribution in [2.45, 2.75) is 65.2 Å². The molecule has 4 aliphatic carbocycles. The lowest BCUT2D eigenvalue weighted by atomic mass is 9.46. The molecule has 0 aromatic carbocycles. The van der Waals surface area contributed by atoms with E-state index in [1.54, 1.807) is 0 Å². The van der Waals surface area contributed by atoms with Crippen molar-refractivity contribution in [3.8, 4) is 0 Å². The molecule has 130 valence electrons. The first-order chi connectivity index (χ1) is 11.4. The van der Waals surface area contributed by atoms with Crippen LogP contribution in [0.4, 0.5) is 0 Å². The average Bonchev–Trinajstić information content (AvgIpc) is 2.91. The Hall–Kier alpha value is -1.34. The summed E-state index contributed by atoms with van der Waals surface area (Å²) < 4.78 is 0. The lowest BCUT2D eigenvalue weighted by molar-refractivity contribution is -0.128. The lowest BCUT2D eigenvalue weighted by Crippen LogP contribution is -2.51. The van der Waals surface area contributed by atoms with Crippen molar-refractivity contribution in [1.29, 1.82) is 0 Å². The first-order valence-corrected chi connectivity index (χ1v) is 9.64. The van der Waals surface area contributed by atoms with E-state index < -0.39 is 0 Å². The number of hydrogen-bond donors (Lipinski definition) is 1. The second-order valence-corrected chi connectivity index (χ2v) is 9.21. The van der Waals surface area contributed by atoms with Gasteiger partial charge in [0.05, 0.1) is 0 Å². The summed E-state index contributed by atoms with van der Waals surface area (Å²) >= 11 is 0. The molecule has 0 aromatic rings. The Morgan fingerprint density at radius 1 is 1.12 bits per heavy atom. The number of allylic oxidation sites excluding steroid dienone is 3. The molecule has 0 aliphatic heterocycles. The molecule has 1 amide bonds. The van der Waals surface area contributed by atoms with Gasteiger partial charge in [-0.05, 0) is 86.0 Å². The van der Waals surface area contributed by atoms with Gasteiger partial charge < -0.3 is 5.73 Å². The molecule has 2 N–H and O–H groups in total. The van der Waals surface area contributed by atoms with E-state index in [1.807, 2.05) is 0 Å². The van der Waals surface area contributed by atoms with Gasteiger partial charge >= 0.3 is 0 Å². The van der Waals surface area contributed by atoms with Gasteiger partial charge in [0.15, 0.2) is 0 Å². The zero-order valence-corrected chi connectivity index (χ0v) is 14.9. The number of primary amides is 1. The topological polar surface area (TPSA) is 60.2 Å². The van der Waals surface area contributed by atoms with E-state index in [-0.39, 0.29) is 22.7 Å². The monoisotopic (exact) mass is 327 g/mol. The Kier molecular flexibility index (Phi) is 3.58. The highest BCUT2D eigenvalue weighted by molar-refractivity contribution is 5.78. The third-order valence-electron chi connectivity index (χ3n) is 8.47. The van der Waals surface area contributed by atoms with E-state index in [0.717, 1.165) is 43.6 Å². The first kappa shape index (κ1) is 16.1. The zero-order chi connectivity index (χ0) is 17.1. The smallest absolute Gasteiger partial charge is 0.221 e. The summed E-state index contributed by atoms with van der Waals surface area (Å²) in [4.78, 5) is 23.0. The normalized spacial score (nSPS) is 47.1. The predicted molar refractivity (Wildman–Crippen MR) is 93.6 cm³/mol. The molecule has 3 heteroatoms. The maximum Gasteiger partial charge on any atom is 0.221 e. The van der Waals surface area contributed by atoms with Crippen molar-refractivity contribution >= 4 is 11.8 Å². The summed E-state index contributed by atoms with van der Waals surface area (Å²) in [7, 11) is 0. The van der Waals surface area contributed by atoms with Gasteiger partial charge in [-0.25, -0.2) is 4.79 Å². The number of rotatable bonds is 1. The van der Waals surface area contributed by atoms with Crippen LogP contribution in [0.1, 0.15) is 65.2 Å². The molecule has 0 radical (unpaired) electrons. The van der Waals surface area contributed by atoms with Gasteiger partial charge in [-0.1, -0.05) is 19.4 Å². The van der Waals surface area contributed by atoms with Crippen LogP contribution < -0.4 is 5.73 Å². The predicted octanol–water partition coefficient (Wildman–Crippen LogP) is 3.81. The van der Waals surface area contributed by atoms with Crippen LogP contribution in [-0.4, -0.2) is 11.8 Å². The van der Waals surface area contributed by atoms with Crippen LogP contribution >= 0.6 is 0 Å². The number of fused-ring (bicyclic) bond motifs is 5. The lowest BCUT2D eigenvalue weighted by Gasteiger charge is -2.58. The number of nitrogens with two attached hydrogens (primary N) is 1. The fourth-order valence-corrected chi connectivity index (χ4v) is 7.13. The molecule has 0 unspecified atom stereocenters. The third kappa shape index (κ3) is 2.03. The molecule has 4 rings (SSSR count). The van der Waals surface area contributed by atoms with E-state index in [9.17, 15) is 9.59 Å². The van der Waals surface area contributed by atoms with Crippen molar-refractivity contribution in [3.05, 3.63) is 17.2 Å². The van der Waals surface area contributed by atoms with Crippen LogP contribution in [0.5, 0.6) is 0 Å². The van der Waals surface area contributed by atoms with Gasteiger partial charge in [-0.15, -0.1) is 0 Å². The molecule has 0 spiro atoms. The van der Waals surface area contributed by atoms with E-state index >= 15 is 0 Å². The second-order valence-electron chi connectivity index (χ2n) is 9.21. The van der Waals surface area contributed by atoms with E-state index in [4.69, 9.17) is 5.73 Å². The summed E-state index contributed by atoms with van der Waals surface area (Å²) in [6.07, 6.45) is 10.9. The highest BCUT2D eigenvalue weighted by Gasteiger charge is 2.59. The van der Waals surface area contributed by atoms with Crippen molar-refractivity contribution in [3.63, 3.8) is 0 Å². The summed E-state index contributed by atoms with van der Waals surface area (Å²) in [5.74, 6) is 4.19. The molecule has 3 saturated carbocycles. The van der Waals surface area contributed by atoms with Crippen LogP contribution in [0.15, 0.2) is 17.2 Å².